The fraction of sp³-hybridized carbons (Fsp3) is 0.292. The number of hydrogen-bond acceptors (Lipinski definition) is 7. The zero-order chi connectivity index (χ0) is 24.0. The summed E-state index contributed by atoms with van der Waals surface area (Å²) in [6, 6.07) is 13.3. The van der Waals surface area contributed by atoms with Crippen molar-refractivity contribution in [3.63, 3.8) is 0 Å². The normalized spacial score (nSPS) is 14.8. The van der Waals surface area contributed by atoms with Crippen LogP contribution in [-0.4, -0.2) is 41.3 Å². The van der Waals surface area contributed by atoms with Crippen LogP contribution < -0.4 is 9.47 Å². The van der Waals surface area contributed by atoms with Crippen LogP contribution in [0, 0.1) is 0 Å². The van der Waals surface area contributed by atoms with Crippen molar-refractivity contribution in [3.8, 4) is 11.5 Å². The second-order valence-corrected chi connectivity index (χ2v) is 9.18. The van der Waals surface area contributed by atoms with Gasteiger partial charge in [-0.25, -0.2) is 0 Å². The van der Waals surface area contributed by atoms with Gasteiger partial charge in [-0.2, -0.15) is 0 Å². The number of rotatable bonds is 9. The number of amides is 2. The fourth-order valence-electron chi connectivity index (χ4n) is 2.98. The average molecular weight is 534 g/mol. The molecule has 1 heterocycles. The topological polar surface area (TPSA) is 82.1 Å². The highest BCUT2D eigenvalue weighted by Gasteiger charge is 2.37. The van der Waals surface area contributed by atoms with Crippen LogP contribution in [0.1, 0.15) is 31.9 Å². The summed E-state index contributed by atoms with van der Waals surface area (Å²) in [5, 5.41) is -0.518. The quantitative estimate of drug-likeness (QED) is 0.314. The van der Waals surface area contributed by atoms with E-state index in [2.05, 4.69) is 15.9 Å². The van der Waals surface area contributed by atoms with Crippen molar-refractivity contribution in [2.75, 3.05) is 13.2 Å². The lowest BCUT2D eigenvalue weighted by Gasteiger charge is -2.14. The van der Waals surface area contributed by atoms with Crippen LogP contribution in [0.25, 0.3) is 6.08 Å². The Morgan fingerprint density at radius 1 is 1.12 bits per heavy atom. The maximum Gasteiger partial charge on any atom is 0.326 e. The average Bonchev–Trinajstić information content (AvgIpc) is 3.02. The molecule has 0 unspecified atom stereocenters. The van der Waals surface area contributed by atoms with Crippen LogP contribution >= 0.6 is 27.7 Å². The van der Waals surface area contributed by atoms with E-state index in [-0.39, 0.29) is 11.0 Å². The van der Waals surface area contributed by atoms with Crippen molar-refractivity contribution in [1.29, 1.82) is 0 Å². The Morgan fingerprint density at radius 3 is 2.48 bits per heavy atom. The highest BCUT2D eigenvalue weighted by molar-refractivity contribution is 9.10. The van der Waals surface area contributed by atoms with E-state index < -0.39 is 23.7 Å². The van der Waals surface area contributed by atoms with Crippen molar-refractivity contribution < 1.29 is 28.6 Å². The standard InChI is InChI=1S/C24H24BrNO6S/c1-4-30-19-10-17(18(25)12-20(19)31-14-16-8-6-5-7-9-16)11-21-23(28)26(24(29)33-21)13-22(27)32-15(2)3/h5-12,15H,4,13-14H2,1-3H3/b21-11+. The van der Waals surface area contributed by atoms with E-state index in [0.717, 1.165) is 22.2 Å². The zero-order valence-corrected chi connectivity index (χ0v) is 20.9. The number of hydrogen-bond donors (Lipinski definition) is 0. The Morgan fingerprint density at radius 2 is 1.82 bits per heavy atom. The number of thioether (sulfide) groups is 1. The molecule has 9 heteroatoms. The molecule has 1 saturated heterocycles. The van der Waals surface area contributed by atoms with Gasteiger partial charge in [-0.05, 0) is 61.9 Å². The van der Waals surface area contributed by atoms with Gasteiger partial charge < -0.3 is 14.2 Å². The first kappa shape index (κ1) is 24.9. The predicted molar refractivity (Wildman–Crippen MR) is 130 cm³/mol. The summed E-state index contributed by atoms with van der Waals surface area (Å²) in [4.78, 5) is 38.0. The minimum Gasteiger partial charge on any atom is -0.490 e. The lowest BCUT2D eigenvalue weighted by Crippen LogP contribution is -2.35. The van der Waals surface area contributed by atoms with Gasteiger partial charge in [0.2, 0.25) is 0 Å². The van der Waals surface area contributed by atoms with Gasteiger partial charge in [0.1, 0.15) is 13.2 Å². The fourth-order valence-corrected chi connectivity index (χ4v) is 4.25. The Kier molecular flexibility index (Phi) is 8.57. The van der Waals surface area contributed by atoms with Crippen LogP contribution in [0.15, 0.2) is 51.8 Å². The van der Waals surface area contributed by atoms with Crippen molar-refractivity contribution in [3.05, 3.63) is 63.0 Å². The number of ether oxygens (including phenoxy) is 3. The van der Waals surface area contributed by atoms with Gasteiger partial charge in [0.25, 0.3) is 11.1 Å². The first-order chi connectivity index (χ1) is 15.8. The van der Waals surface area contributed by atoms with Crippen molar-refractivity contribution in [2.45, 2.75) is 33.5 Å². The van der Waals surface area contributed by atoms with Crippen LogP contribution in [0.2, 0.25) is 0 Å². The van der Waals surface area contributed by atoms with E-state index in [0.29, 0.717) is 34.7 Å². The molecule has 174 valence electrons. The maximum atomic E-state index is 12.7. The van der Waals surface area contributed by atoms with E-state index in [4.69, 9.17) is 14.2 Å². The van der Waals surface area contributed by atoms with Gasteiger partial charge in [0.15, 0.2) is 11.5 Å². The van der Waals surface area contributed by atoms with Crippen LogP contribution in [0.4, 0.5) is 4.79 Å². The molecule has 33 heavy (non-hydrogen) atoms. The summed E-state index contributed by atoms with van der Waals surface area (Å²) in [6.45, 7) is 5.65. The highest BCUT2D eigenvalue weighted by Crippen LogP contribution is 2.38. The molecule has 1 aliphatic heterocycles. The molecule has 1 fully saturated rings. The molecule has 0 aromatic heterocycles. The van der Waals surface area contributed by atoms with E-state index >= 15 is 0 Å². The number of esters is 1. The number of halogens is 1. The second kappa shape index (κ2) is 11.4. The zero-order valence-electron chi connectivity index (χ0n) is 18.5. The second-order valence-electron chi connectivity index (χ2n) is 7.33. The third kappa shape index (κ3) is 6.61. The summed E-state index contributed by atoms with van der Waals surface area (Å²) >= 11 is 4.29. The predicted octanol–water partition coefficient (Wildman–Crippen LogP) is 5.41. The number of benzene rings is 2. The molecule has 0 N–H and O–H groups in total. The molecule has 0 saturated carbocycles. The van der Waals surface area contributed by atoms with E-state index in [1.54, 1.807) is 32.1 Å². The minimum atomic E-state index is -0.631. The van der Waals surface area contributed by atoms with Gasteiger partial charge in [0, 0.05) is 4.47 Å². The number of imide groups is 1. The summed E-state index contributed by atoms with van der Waals surface area (Å²) in [6.07, 6.45) is 1.26. The van der Waals surface area contributed by atoms with Gasteiger partial charge in [0.05, 0.1) is 17.6 Å². The third-order valence-corrected chi connectivity index (χ3v) is 6.01. The first-order valence-electron chi connectivity index (χ1n) is 10.4. The summed E-state index contributed by atoms with van der Waals surface area (Å²) < 4.78 is 17.4. The number of carbonyl (C=O) groups excluding carboxylic acids is 3. The van der Waals surface area contributed by atoms with Gasteiger partial charge in [-0.1, -0.05) is 46.3 Å². The molecular weight excluding hydrogens is 510 g/mol. The van der Waals surface area contributed by atoms with Crippen molar-refractivity contribution >= 4 is 50.9 Å². The van der Waals surface area contributed by atoms with Crippen LogP contribution in [0.3, 0.4) is 0 Å². The summed E-state index contributed by atoms with van der Waals surface area (Å²) in [5.74, 6) is -0.106. The van der Waals surface area contributed by atoms with Gasteiger partial charge >= 0.3 is 5.97 Å². The van der Waals surface area contributed by atoms with Crippen LogP contribution in [-0.2, 0) is 20.9 Å². The Balaban J connectivity index is 1.80. The van der Waals surface area contributed by atoms with Gasteiger partial charge in [-0.15, -0.1) is 0 Å². The lowest BCUT2D eigenvalue weighted by atomic mass is 10.1. The van der Waals surface area contributed by atoms with E-state index in [1.165, 1.54) is 0 Å². The highest BCUT2D eigenvalue weighted by atomic mass is 79.9. The monoisotopic (exact) mass is 533 g/mol. The SMILES string of the molecule is CCOc1cc(/C=C2/SC(=O)N(CC(=O)OC(C)C)C2=O)c(Br)cc1OCc1ccccc1. The van der Waals surface area contributed by atoms with Crippen LogP contribution in [0.5, 0.6) is 11.5 Å². The van der Waals surface area contributed by atoms with E-state index in [9.17, 15) is 14.4 Å². The Labute approximate surface area is 205 Å². The molecular formula is C24H24BrNO6S. The molecule has 7 nitrogen and oxygen atoms in total. The number of carbonyl (C=O) groups is 3. The molecule has 2 aromatic rings. The Hall–Kier alpha value is -2.78. The first-order valence-corrected chi connectivity index (χ1v) is 12.0. The number of nitrogens with zero attached hydrogens (tertiary/aromatic N) is 1. The minimum absolute atomic E-state index is 0.207. The largest absolute Gasteiger partial charge is 0.490 e. The molecule has 2 amide bonds. The summed E-state index contributed by atoms with van der Waals surface area (Å²) in [7, 11) is 0. The summed E-state index contributed by atoms with van der Waals surface area (Å²) in [5.41, 5.74) is 1.66. The molecule has 0 radical (unpaired) electrons. The molecule has 2 aromatic carbocycles. The molecule has 0 atom stereocenters. The lowest BCUT2D eigenvalue weighted by molar-refractivity contribution is -0.149. The third-order valence-electron chi connectivity index (χ3n) is 4.41. The molecule has 1 aliphatic rings. The molecule has 3 rings (SSSR count). The van der Waals surface area contributed by atoms with E-state index in [1.807, 2.05) is 37.3 Å². The smallest absolute Gasteiger partial charge is 0.326 e. The maximum absolute atomic E-state index is 12.7. The van der Waals surface area contributed by atoms with Crippen molar-refractivity contribution in [2.24, 2.45) is 0 Å². The van der Waals surface area contributed by atoms with Gasteiger partial charge in [-0.3, -0.25) is 19.3 Å². The molecule has 0 bridgehead atoms. The Bertz CT molecular complexity index is 1070. The van der Waals surface area contributed by atoms with Crippen molar-refractivity contribution in [1.82, 2.24) is 4.90 Å². The molecule has 0 aliphatic carbocycles. The molecule has 0 spiro atoms.